The summed E-state index contributed by atoms with van der Waals surface area (Å²) < 4.78 is 2.57. The number of nitrogens with one attached hydrogen (secondary N) is 1. The third-order valence-corrected chi connectivity index (χ3v) is 4.34. The smallest absolute Gasteiger partial charge is 0.0489 e. The zero-order valence-corrected chi connectivity index (χ0v) is 10.3. The second-order valence-electron chi connectivity index (χ2n) is 5.43. The van der Waals surface area contributed by atoms with E-state index in [0.717, 1.165) is 13.1 Å². The second kappa shape index (κ2) is 3.36. The second-order valence-corrected chi connectivity index (χ2v) is 5.43. The summed E-state index contributed by atoms with van der Waals surface area (Å²) in [6, 6.07) is 7.55. The van der Waals surface area contributed by atoms with E-state index in [2.05, 4.69) is 35.0 Å². The van der Waals surface area contributed by atoms with Crippen LogP contribution in [0.5, 0.6) is 0 Å². The van der Waals surface area contributed by atoms with E-state index in [1.54, 1.807) is 11.3 Å². The normalized spacial score (nSPS) is 22.8. The van der Waals surface area contributed by atoms with E-state index in [-0.39, 0.29) is 0 Å². The molecule has 1 aromatic carbocycles. The molecule has 1 aromatic heterocycles. The average molecular weight is 226 g/mol. The molecular weight excluding hydrogens is 208 g/mol. The first-order valence-electron chi connectivity index (χ1n) is 6.69. The van der Waals surface area contributed by atoms with Gasteiger partial charge in [0.15, 0.2) is 0 Å². The van der Waals surface area contributed by atoms with Crippen molar-refractivity contribution in [3.63, 3.8) is 0 Å². The maximum absolute atomic E-state index is 3.67. The number of hydrogen-bond donors (Lipinski definition) is 1. The molecule has 1 aliphatic carbocycles. The Morgan fingerprint density at radius 2 is 2.29 bits per heavy atom. The molecular formula is C15H18N2. The summed E-state index contributed by atoms with van der Waals surface area (Å²) in [4.78, 5) is 0. The highest BCUT2D eigenvalue weighted by molar-refractivity contribution is 5.86. The third kappa shape index (κ3) is 1.25. The Bertz CT molecular complexity index is 592. The lowest BCUT2D eigenvalue weighted by Gasteiger charge is -2.31. The third-order valence-electron chi connectivity index (χ3n) is 4.34. The van der Waals surface area contributed by atoms with Crippen molar-refractivity contribution < 1.29 is 0 Å². The molecule has 17 heavy (non-hydrogen) atoms. The van der Waals surface area contributed by atoms with Gasteiger partial charge < -0.3 is 9.88 Å². The molecule has 2 heteroatoms. The maximum Gasteiger partial charge on any atom is 0.0489 e. The first kappa shape index (κ1) is 9.72. The molecule has 2 nitrogen and oxygen atoms in total. The number of aryl methyl sites for hydroxylation is 2. The Morgan fingerprint density at radius 3 is 3.24 bits per heavy atom. The molecule has 88 valence electrons. The van der Waals surface area contributed by atoms with Gasteiger partial charge in [0.05, 0.1) is 0 Å². The van der Waals surface area contributed by atoms with E-state index in [0.29, 0.717) is 6.04 Å². The fraction of sp³-hybridized carbons (Fsp3) is 0.467. The molecule has 2 aliphatic rings. The SMILES string of the molecule is Cc1ccc2c3c4n(c2c1)CCNC4CCC3. The summed E-state index contributed by atoms with van der Waals surface area (Å²) in [5.41, 5.74) is 6.04. The van der Waals surface area contributed by atoms with Crippen LogP contribution in [0.25, 0.3) is 10.9 Å². The molecule has 1 N–H and O–H groups in total. The lowest BCUT2D eigenvalue weighted by Crippen LogP contribution is -2.35. The Hall–Kier alpha value is -1.28. The Balaban J connectivity index is 2.11. The highest BCUT2D eigenvalue weighted by Gasteiger charge is 2.29. The monoisotopic (exact) mass is 226 g/mol. The van der Waals surface area contributed by atoms with E-state index < -0.39 is 0 Å². The number of fused-ring (bicyclic) bond motifs is 3. The van der Waals surface area contributed by atoms with Gasteiger partial charge in [0.1, 0.15) is 0 Å². The fourth-order valence-corrected chi connectivity index (χ4v) is 3.62. The van der Waals surface area contributed by atoms with Crippen LogP contribution in [0.1, 0.15) is 35.7 Å². The van der Waals surface area contributed by atoms with Crippen molar-refractivity contribution in [2.45, 2.75) is 38.8 Å². The summed E-state index contributed by atoms with van der Waals surface area (Å²) >= 11 is 0. The number of hydrogen-bond acceptors (Lipinski definition) is 1. The van der Waals surface area contributed by atoms with Crippen LogP contribution in [-0.4, -0.2) is 11.1 Å². The zero-order valence-electron chi connectivity index (χ0n) is 10.3. The van der Waals surface area contributed by atoms with Gasteiger partial charge in [0.25, 0.3) is 0 Å². The Kier molecular flexibility index (Phi) is 1.92. The predicted molar refractivity (Wildman–Crippen MR) is 70.4 cm³/mol. The highest BCUT2D eigenvalue weighted by atomic mass is 15.1. The summed E-state index contributed by atoms with van der Waals surface area (Å²) in [5, 5.41) is 5.17. The molecule has 1 atom stereocenters. The molecule has 1 aliphatic heterocycles. The topological polar surface area (TPSA) is 17.0 Å². The van der Waals surface area contributed by atoms with Crippen LogP contribution in [0, 0.1) is 6.92 Å². The summed E-state index contributed by atoms with van der Waals surface area (Å²) in [7, 11) is 0. The molecule has 0 bridgehead atoms. The van der Waals surface area contributed by atoms with Gasteiger partial charge in [0.2, 0.25) is 0 Å². The van der Waals surface area contributed by atoms with E-state index in [1.165, 1.54) is 35.7 Å². The minimum atomic E-state index is 0.611. The van der Waals surface area contributed by atoms with Gasteiger partial charge in [-0.1, -0.05) is 12.1 Å². The van der Waals surface area contributed by atoms with E-state index in [9.17, 15) is 0 Å². The van der Waals surface area contributed by atoms with Crippen LogP contribution in [0.2, 0.25) is 0 Å². The van der Waals surface area contributed by atoms with Crippen molar-refractivity contribution in [2.24, 2.45) is 0 Å². The minimum absolute atomic E-state index is 0.611. The lowest BCUT2D eigenvalue weighted by atomic mass is 9.91. The van der Waals surface area contributed by atoms with Crippen molar-refractivity contribution in [3.05, 3.63) is 35.0 Å². The lowest BCUT2D eigenvalue weighted by molar-refractivity contribution is 0.384. The number of nitrogens with zero attached hydrogens (tertiary/aromatic N) is 1. The fourth-order valence-electron chi connectivity index (χ4n) is 3.62. The van der Waals surface area contributed by atoms with Crippen LogP contribution in [0.15, 0.2) is 18.2 Å². The highest BCUT2D eigenvalue weighted by Crippen LogP contribution is 2.38. The molecule has 0 saturated carbocycles. The number of benzene rings is 1. The van der Waals surface area contributed by atoms with Crippen LogP contribution in [-0.2, 0) is 13.0 Å². The molecule has 0 spiro atoms. The van der Waals surface area contributed by atoms with E-state index in [1.807, 2.05) is 0 Å². The van der Waals surface area contributed by atoms with E-state index >= 15 is 0 Å². The summed E-state index contributed by atoms with van der Waals surface area (Å²) in [6.07, 6.45) is 3.90. The van der Waals surface area contributed by atoms with Crippen molar-refractivity contribution >= 4 is 10.9 Å². The van der Waals surface area contributed by atoms with Crippen molar-refractivity contribution in [2.75, 3.05) is 6.54 Å². The van der Waals surface area contributed by atoms with Crippen LogP contribution >= 0.6 is 0 Å². The maximum atomic E-state index is 3.67. The molecule has 2 heterocycles. The number of rotatable bonds is 0. The summed E-state index contributed by atoms with van der Waals surface area (Å²) in [6.45, 7) is 4.44. The standard InChI is InChI=1S/C15H18N2/c1-10-5-6-11-12-3-2-4-13-15(12)17(8-7-16-13)14(11)9-10/h5-6,9,13,16H,2-4,7-8H2,1H3. The van der Waals surface area contributed by atoms with Crippen molar-refractivity contribution in [3.8, 4) is 0 Å². The molecule has 1 unspecified atom stereocenters. The van der Waals surface area contributed by atoms with Crippen LogP contribution in [0.4, 0.5) is 0 Å². The molecule has 0 radical (unpaired) electrons. The minimum Gasteiger partial charge on any atom is -0.342 e. The van der Waals surface area contributed by atoms with Gasteiger partial charge in [0, 0.05) is 35.7 Å². The molecule has 4 rings (SSSR count). The quantitative estimate of drug-likeness (QED) is 0.731. The molecule has 0 saturated heterocycles. The first-order valence-corrected chi connectivity index (χ1v) is 6.69. The van der Waals surface area contributed by atoms with Gasteiger partial charge in [-0.2, -0.15) is 0 Å². The Morgan fingerprint density at radius 1 is 1.35 bits per heavy atom. The van der Waals surface area contributed by atoms with Crippen LogP contribution < -0.4 is 5.32 Å². The molecule has 0 fully saturated rings. The van der Waals surface area contributed by atoms with Crippen molar-refractivity contribution in [1.82, 2.24) is 9.88 Å². The van der Waals surface area contributed by atoms with E-state index in [4.69, 9.17) is 0 Å². The molecule has 2 aromatic rings. The average Bonchev–Trinajstić information content (AvgIpc) is 2.67. The largest absolute Gasteiger partial charge is 0.342 e. The van der Waals surface area contributed by atoms with Crippen molar-refractivity contribution in [1.29, 1.82) is 0 Å². The zero-order chi connectivity index (χ0) is 11.4. The van der Waals surface area contributed by atoms with Crippen LogP contribution in [0.3, 0.4) is 0 Å². The van der Waals surface area contributed by atoms with Gasteiger partial charge in [-0.25, -0.2) is 0 Å². The predicted octanol–water partition coefficient (Wildman–Crippen LogP) is 2.93. The van der Waals surface area contributed by atoms with Gasteiger partial charge in [-0.05, 0) is 43.4 Å². The van der Waals surface area contributed by atoms with Gasteiger partial charge in [-0.15, -0.1) is 0 Å². The van der Waals surface area contributed by atoms with Gasteiger partial charge in [-0.3, -0.25) is 0 Å². The summed E-state index contributed by atoms with van der Waals surface area (Å²) in [5.74, 6) is 0. The molecule has 0 amide bonds. The Labute approximate surface area is 102 Å². The first-order chi connectivity index (χ1) is 8.34. The van der Waals surface area contributed by atoms with Gasteiger partial charge >= 0.3 is 0 Å². The number of aromatic nitrogens is 1.